The molecule has 0 aliphatic carbocycles. The average molecular weight is 335 g/mol. The highest BCUT2D eigenvalue weighted by atomic mass is 35.5. The maximum atomic E-state index is 11.9. The van der Waals surface area contributed by atoms with Gasteiger partial charge in [0.15, 0.2) is 0 Å². The van der Waals surface area contributed by atoms with Gasteiger partial charge in [-0.1, -0.05) is 41.9 Å². The zero-order valence-electron chi connectivity index (χ0n) is 12.1. The predicted molar refractivity (Wildman–Crippen MR) is 84.0 cm³/mol. The number of hydrogen-bond donors (Lipinski definition) is 2. The second kappa shape index (κ2) is 8.14. The van der Waals surface area contributed by atoms with E-state index in [-0.39, 0.29) is 13.0 Å². The third-order valence-corrected chi connectivity index (χ3v) is 3.21. The number of amides is 1. The van der Waals surface area contributed by atoms with Crippen LogP contribution >= 0.6 is 11.6 Å². The van der Waals surface area contributed by atoms with E-state index in [1.165, 1.54) is 6.20 Å². The number of aliphatic carboxylic acids is 1. The first-order chi connectivity index (χ1) is 11.0. The molecule has 0 aliphatic heterocycles. The van der Waals surface area contributed by atoms with Crippen molar-refractivity contribution in [1.29, 1.82) is 0 Å². The van der Waals surface area contributed by atoms with Gasteiger partial charge in [-0.15, -0.1) is 0 Å². The molecule has 2 rings (SSSR count). The Hall–Kier alpha value is -2.60. The molecule has 7 heteroatoms. The number of pyridine rings is 1. The molecule has 0 unspecified atom stereocenters. The number of carbonyl (C=O) groups excluding carboxylic acids is 1. The molecular weight excluding hydrogens is 320 g/mol. The number of benzene rings is 1. The van der Waals surface area contributed by atoms with Crippen molar-refractivity contribution in [1.82, 2.24) is 10.3 Å². The molecule has 0 saturated heterocycles. The van der Waals surface area contributed by atoms with Gasteiger partial charge >= 0.3 is 12.1 Å². The number of halogens is 1. The van der Waals surface area contributed by atoms with Gasteiger partial charge in [0.1, 0.15) is 6.61 Å². The van der Waals surface area contributed by atoms with Crippen molar-refractivity contribution in [3.63, 3.8) is 0 Å². The van der Waals surface area contributed by atoms with Crippen molar-refractivity contribution in [2.24, 2.45) is 0 Å². The Balaban J connectivity index is 1.98. The molecule has 1 atom stereocenters. The van der Waals surface area contributed by atoms with E-state index in [1.807, 2.05) is 30.3 Å². The summed E-state index contributed by atoms with van der Waals surface area (Å²) < 4.78 is 5.09. The first-order valence-corrected chi connectivity index (χ1v) is 7.23. The van der Waals surface area contributed by atoms with E-state index in [0.29, 0.717) is 10.7 Å². The summed E-state index contributed by atoms with van der Waals surface area (Å²) in [7, 11) is 0. The number of aromatic nitrogens is 1. The van der Waals surface area contributed by atoms with Crippen LogP contribution in [-0.2, 0) is 16.1 Å². The van der Waals surface area contributed by atoms with Crippen molar-refractivity contribution in [3.8, 4) is 0 Å². The first kappa shape index (κ1) is 16.8. The standard InChI is InChI=1S/C16H15ClN2O4/c17-12-6-7-13(18-9-12)14(8-15(20)21)19-16(22)23-10-11-4-2-1-3-5-11/h1-7,9,14H,8,10H2,(H,19,22)(H,20,21)/t14-/m1/s1. The molecule has 1 aromatic carbocycles. The topological polar surface area (TPSA) is 88.5 Å². The van der Waals surface area contributed by atoms with Gasteiger partial charge in [0, 0.05) is 6.20 Å². The van der Waals surface area contributed by atoms with E-state index in [9.17, 15) is 9.59 Å². The Labute approximate surface area is 138 Å². The normalized spacial score (nSPS) is 11.5. The van der Waals surface area contributed by atoms with Gasteiger partial charge in [0.2, 0.25) is 0 Å². The van der Waals surface area contributed by atoms with E-state index in [0.717, 1.165) is 5.56 Å². The lowest BCUT2D eigenvalue weighted by atomic mass is 10.1. The molecule has 6 nitrogen and oxygen atoms in total. The molecule has 0 saturated carbocycles. The number of nitrogens with zero attached hydrogens (tertiary/aromatic N) is 1. The lowest BCUT2D eigenvalue weighted by molar-refractivity contribution is -0.137. The van der Waals surface area contributed by atoms with Gasteiger partial charge in [-0.3, -0.25) is 9.78 Å². The van der Waals surface area contributed by atoms with Crippen molar-refractivity contribution >= 4 is 23.7 Å². The second-order valence-electron chi connectivity index (χ2n) is 4.76. The SMILES string of the molecule is O=C(O)C[C@@H](NC(=O)OCc1ccccc1)c1ccc(Cl)cn1. The highest BCUT2D eigenvalue weighted by Gasteiger charge is 2.20. The molecule has 1 aromatic heterocycles. The summed E-state index contributed by atoms with van der Waals surface area (Å²) in [6.45, 7) is 0.0977. The molecule has 0 fully saturated rings. The van der Waals surface area contributed by atoms with Crippen LogP contribution in [0.25, 0.3) is 0 Å². The first-order valence-electron chi connectivity index (χ1n) is 6.85. The van der Waals surface area contributed by atoms with Crippen LogP contribution in [0.3, 0.4) is 0 Å². The molecule has 1 heterocycles. The number of carbonyl (C=O) groups is 2. The quantitative estimate of drug-likeness (QED) is 0.847. The van der Waals surface area contributed by atoms with Crippen LogP contribution in [0.5, 0.6) is 0 Å². The second-order valence-corrected chi connectivity index (χ2v) is 5.19. The maximum absolute atomic E-state index is 11.9. The number of alkyl carbamates (subject to hydrolysis) is 1. The minimum absolute atomic E-state index is 0.0977. The van der Waals surface area contributed by atoms with Gasteiger partial charge in [-0.25, -0.2) is 4.79 Å². The predicted octanol–water partition coefficient (Wildman–Crippen LogP) is 3.18. The average Bonchev–Trinajstić information content (AvgIpc) is 2.53. The van der Waals surface area contributed by atoms with Gasteiger partial charge < -0.3 is 15.2 Å². The van der Waals surface area contributed by atoms with E-state index < -0.39 is 18.1 Å². The van der Waals surface area contributed by atoms with Crippen LogP contribution in [0.4, 0.5) is 4.79 Å². The number of hydrogen-bond acceptors (Lipinski definition) is 4. The summed E-state index contributed by atoms with van der Waals surface area (Å²) in [6.07, 6.45) is 0.370. The fourth-order valence-electron chi connectivity index (χ4n) is 1.90. The Morgan fingerprint density at radius 2 is 1.96 bits per heavy atom. The largest absolute Gasteiger partial charge is 0.481 e. The molecule has 120 valence electrons. The molecule has 2 aromatic rings. The Kier molecular flexibility index (Phi) is 5.94. The number of carboxylic acid groups (broad SMARTS) is 1. The zero-order chi connectivity index (χ0) is 16.7. The minimum atomic E-state index is -1.06. The zero-order valence-corrected chi connectivity index (χ0v) is 12.9. The lowest BCUT2D eigenvalue weighted by Crippen LogP contribution is -2.31. The van der Waals surface area contributed by atoms with Crippen LogP contribution < -0.4 is 5.32 Å². The monoisotopic (exact) mass is 334 g/mol. The third kappa shape index (κ3) is 5.60. The van der Waals surface area contributed by atoms with Gasteiger partial charge in [0.05, 0.1) is 23.2 Å². The van der Waals surface area contributed by atoms with E-state index >= 15 is 0 Å². The van der Waals surface area contributed by atoms with Crippen molar-refractivity contribution in [2.45, 2.75) is 19.1 Å². The summed E-state index contributed by atoms with van der Waals surface area (Å²) in [5, 5.41) is 11.9. The summed E-state index contributed by atoms with van der Waals surface area (Å²) in [5.74, 6) is -1.06. The van der Waals surface area contributed by atoms with Gasteiger partial charge in [-0.2, -0.15) is 0 Å². The number of nitrogens with one attached hydrogen (secondary N) is 1. The molecule has 1 amide bonds. The molecule has 0 spiro atoms. The van der Waals surface area contributed by atoms with Crippen LogP contribution in [0.15, 0.2) is 48.7 Å². The van der Waals surface area contributed by atoms with E-state index in [1.54, 1.807) is 12.1 Å². The summed E-state index contributed by atoms with van der Waals surface area (Å²) >= 11 is 5.75. The summed E-state index contributed by atoms with van der Waals surface area (Å²) in [6, 6.07) is 11.5. The fraction of sp³-hybridized carbons (Fsp3) is 0.188. The van der Waals surface area contributed by atoms with Crippen LogP contribution in [0.2, 0.25) is 5.02 Å². The Morgan fingerprint density at radius 3 is 2.57 bits per heavy atom. The highest BCUT2D eigenvalue weighted by Crippen LogP contribution is 2.17. The summed E-state index contributed by atoms with van der Waals surface area (Å²) in [4.78, 5) is 26.9. The van der Waals surface area contributed by atoms with Crippen molar-refractivity contribution in [3.05, 3.63) is 64.9 Å². The van der Waals surface area contributed by atoms with Crippen LogP contribution in [0.1, 0.15) is 23.7 Å². The number of rotatable bonds is 6. The van der Waals surface area contributed by atoms with E-state index in [4.69, 9.17) is 21.4 Å². The maximum Gasteiger partial charge on any atom is 0.408 e. The molecule has 23 heavy (non-hydrogen) atoms. The molecule has 0 aliphatic rings. The molecule has 2 N–H and O–H groups in total. The van der Waals surface area contributed by atoms with E-state index in [2.05, 4.69) is 10.3 Å². The number of carboxylic acids is 1. The third-order valence-electron chi connectivity index (χ3n) is 2.99. The summed E-state index contributed by atoms with van der Waals surface area (Å²) in [5.41, 5.74) is 1.23. The fourth-order valence-corrected chi connectivity index (χ4v) is 2.02. The smallest absolute Gasteiger partial charge is 0.408 e. The van der Waals surface area contributed by atoms with Gasteiger partial charge in [0.25, 0.3) is 0 Å². The van der Waals surface area contributed by atoms with Crippen LogP contribution in [-0.4, -0.2) is 22.2 Å². The Bertz CT molecular complexity index is 662. The molecule has 0 radical (unpaired) electrons. The van der Waals surface area contributed by atoms with Gasteiger partial charge in [-0.05, 0) is 17.7 Å². The molecular formula is C16H15ClN2O4. The lowest BCUT2D eigenvalue weighted by Gasteiger charge is -2.16. The van der Waals surface area contributed by atoms with Crippen LogP contribution in [0, 0.1) is 0 Å². The van der Waals surface area contributed by atoms with Crippen molar-refractivity contribution < 1.29 is 19.4 Å². The number of ether oxygens (including phenoxy) is 1. The Morgan fingerprint density at radius 1 is 1.22 bits per heavy atom. The van der Waals surface area contributed by atoms with Crippen molar-refractivity contribution in [2.75, 3.05) is 0 Å². The molecule has 0 bridgehead atoms. The minimum Gasteiger partial charge on any atom is -0.481 e. The highest BCUT2D eigenvalue weighted by molar-refractivity contribution is 6.30.